The van der Waals surface area contributed by atoms with Crippen LogP contribution in [0.4, 0.5) is 0 Å². The fourth-order valence-electron chi connectivity index (χ4n) is 1.56. The molecule has 102 valence electrons. The highest BCUT2D eigenvalue weighted by Crippen LogP contribution is 2.16. The molecule has 1 aromatic heterocycles. The molecule has 1 amide bonds. The minimum Gasteiger partial charge on any atom is -0.383 e. The Bertz CT molecular complexity index is 379. The number of ether oxygens (including phenoxy) is 1. The van der Waals surface area contributed by atoms with Crippen LogP contribution in [0.5, 0.6) is 0 Å². The quantitative estimate of drug-likeness (QED) is 0.682. The number of amides is 1. The van der Waals surface area contributed by atoms with Crippen LogP contribution in [0, 0.1) is 13.8 Å². The van der Waals surface area contributed by atoms with E-state index in [1.165, 1.54) is 4.88 Å². The molecule has 0 saturated carbocycles. The van der Waals surface area contributed by atoms with E-state index in [-0.39, 0.29) is 5.91 Å². The van der Waals surface area contributed by atoms with E-state index in [0.717, 1.165) is 17.1 Å². The van der Waals surface area contributed by atoms with Gasteiger partial charge >= 0.3 is 0 Å². The van der Waals surface area contributed by atoms with Gasteiger partial charge in [-0.2, -0.15) is 0 Å². The van der Waals surface area contributed by atoms with Gasteiger partial charge in [0.1, 0.15) is 0 Å². The third-order valence-corrected chi connectivity index (χ3v) is 3.57. The Labute approximate surface area is 112 Å². The number of carbonyl (C=O) groups excluding carboxylic acids is 1. The van der Waals surface area contributed by atoms with Gasteiger partial charge in [0.2, 0.25) is 5.91 Å². The van der Waals surface area contributed by atoms with E-state index in [1.807, 2.05) is 13.8 Å². The van der Waals surface area contributed by atoms with Crippen molar-refractivity contribution in [1.29, 1.82) is 0 Å². The second-order valence-corrected chi connectivity index (χ2v) is 5.30. The van der Waals surface area contributed by atoms with E-state index in [2.05, 4.69) is 15.6 Å². The number of aryl methyl sites for hydroxylation is 2. The Hall–Kier alpha value is -0.980. The average Bonchev–Trinajstić information content (AvgIpc) is 2.64. The summed E-state index contributed by atoms with van der Waals surface area (Å²) in [6.45, 7) is 6.31. The van der Waals surface area contributed by atoms with Crippen molar-refractivity contribution in [2.45, 2.75) is 20.3 Å². The van der Waals surface area contributed by atoms with Crippen LogP contribution in [0.1, 0.15) is 15.6 Å². The molecule has 0 radical (unpaired) electrons. The van der Waals surface area contributed by atoms with Gasteiger partial charge in [0.05, 0.1) is 23.9 Å². The molecule has 0 aliphatic rings. The Kier molecular flexibility index (Phi) is 6.85. The van der Waals surface area contributed by atoms with Crippen molar-refractivity contribution in [3.8, 4) is 0 Å². The molecule has 1 heterocycles. The summed E-state index contributed by atoms with van der Waals surface area (Å²) in [5, 5.41) is 6.96. The Morgan fingerprint density at radius 2 is 2.17 bits per heavy atom. The number of hydrogen-bond acceptors (Lipinski definition) is 5. The molecular formula is C12H21N3O2S. The number of aromatic nitrogens is 1. The predicted octanol–water partition coefficient (Wildman–Crippen LogP) is 0.655. The summed E-state index contributed by atoms with van der Waals surface area (Å²) in [5.74, 6) is 0.0185. The number of thiazole rings is 1. The maximum absolute atomic E-state index is 11.5. The van der Waals surface area contributed by atoms with Crippen LogP contribution in [0.15, 0.2) is 0 Å². The maximum Gasteiger partial charge on any atom is 0.233 e. The van der Waals surface area contributed by atoms with Gasteiger partial charge in [-0.1, -0.05) is 0 Å². The molecule has 0 unspecified atom stereocenters. The Morgan fingerprint density at radius 3 is 2.78 bits per heavy atom. The largest absolute Gasteiger partial charge is 0.383 e. The van der Waals surface area contributed by atoms with E-state index < -0.39 is 0 Å². The Balaban J connectivity index is 2.13. The van der Waals surface area contributed by atoms with Gasteiger partial charge in [0.15, 0.2) is 0 Å². The van der Waals surface area contributed by atoms with Crippen LogP contribution < -0.4 is 10.6 Å². The molecule has 0 fully saturated rings. The summed E-state index contributed by atoms with van der Waals surface area (Å²) >= 11 is 1.70. The van der Waals surface area contributed by atoms with Gasteiger partial charge in [-0.3, -0.25) is 4.79 Å². The average molecular weight is 271 g/mol. The standard InChI is InChI=1S/C12H21N3O2S/c1-9-11(18-10(2)15-9)4-5-14-12(16)8-13-6-7-17-3/h13H,4-8H2,1-3H3,(H,14,16). The molecule has 0 aliphatic carbocycles. The van der Waals surface area contributed by atoms with Gasteiger partial charge in [-0.25, -0.2) is 4.98 Å². The van der Waals surface area contributed by atoms with Crippen LogP contribution >= 0.6 is 11.3 Å². The van der Waals surface area contributed by atoms with Crippen LogP contribution in [0.2, 0.25) is 0 Å². The first-order valence-electron chi connectivity index (χ1n) is 6.02. The monoisotopic (exact) mass is 271 g/mol. The lowest BCUT2D eigenvalue weighted by molar-refractivity contribution is -0.120. The van der Waals surface area contributed by atoms with Crippen LogP contribution in [-0.2, 0) is 16.0 Å². The highest BCUT2D eigenvalue weighted by Gasteiger charge is 2.05. The van der Waals surface area contributed by atoms with E-state index in [4.69, 9.17) is 4.74 Å². The van der Waals surface area contributed by atoms with E-state index >= 15 is 0 Å². The summed E-state index contributed by atoms with van der Waals surface area (Å²) in [5.41, 5.74) is 1.07. The zero-order valence-electron chi connectivity index (χ0n) is 11.2. The molecular weight excluding hydrogens is 250 g/mol. The van der Waals surface area contributed by atoms with E-state index in [9.17, 15) is 4.79 Å². The smallest absolute Gasteiger partial charge is 0.233 e. The Morgan fingerprint density at radius 1 is 1.39 bits per heavy atom. The first-order valence-corrected chi connectivity index (χ1v) is 6.84. The summed E-state index contributed by atoms with van der Waals surface area (Å²) in [7, 11) is 1.64. The summed E-state index contributed by atoms with van der Waals surface area (Å²) in [6.07, 6.45) is 0.848. The third-order valence-electron chi connectivity index (χ3n) is 2.44. The molecule has 0 aliphatic heterocycles. The van der Waals surface area contributed by atoms with Gasteiger partial charge in [0, 0.05) is 31.5 Å². The van der Waals surface area contributed by atoms with Gasteiger partial charge < -0.3 is 15.4 Å². The molecule has 5 nitrogen and oxygen atoms in total. The number of rotatable bonds is 8. The second-order valence-electron chi connectivity index (χ2n) is 4.01. The lowest BCUT2D eigenvalue weighted by Crippen LogP contribution is -2.36. The minimum absolute atomic E-state index is 0.0185. The molecule has 18 heavy (non-hydrogen) atoms. The molecule has 1 rings (SSSR count). The van der Waals surface area contributed by atoms with Crippen molar-refractivity contribution < 1.29 is 9.53 Å². The second kappa shape index (κ2) is 8.18. The number of hydrogen-bond donors (Lipinski definition) is 2. The molecule has 0 spiro atoms. The molecule has 0 aromatic carbocycles. The highest BCUT2D eigenvalue weighted by atomic mass is 32.1. The summed E-state index contributed by atoms with van der Waals surface area (Å²) in [4.78, 5) is 17.1. The molecule has 0 bridgehead atoms. The lowest BCUT2D eigenvalue weighted by Gasteiger charge is -2.05. The van der Waals surface area contributed by atoms with Gasteiger partial charge in [0.25, 0.3) is 0 Å². The number of methoxy groups -OCH3 is 1. The maximum atomic E-state index is 11.5. The van der Waals surface area contributed by atoms with Gasteiger partial charge in [-0.05, 0) is 13.8 Å². The topological polar surface area (TPSA) is 63.2 Å². The fourth-order valence-corrected chi connectivity index (χ4v) is 2.50. The summed E-state index contributed by atoms with van der Waals surface area (Å²) < 4.78 is 4.88. The van der Waals surface area contributed by atoms with Crippen molar-refractivity contribution in [1.82, 2.24) is 15.6 Å². The third kappa shape index (κ3) is 5.57. The summed E-state index contributed by atoms with van der Waals surface area (Å²) in [6, 6.07) is 0. The molecule has 6 heteroatoms. The zero-order valence-corrected chi connectivity index (χ0v) is 12.0. The molecule has 0 atom stereocenters. The first-order chi connectivity index (χ1) is 8.63. The lowest BCUT2D eigenvalue weighted by atomic mass is 10.3. The minimum atomic E-state index is 0.0185. The van der Waals surface area contributed by atoms with Gasteiger partial charge in [-0.15, -0.1) is 11.3 Å². The van der Waals surface area contributed by atoms with Crippen LogP contribution in [0.25, 0.3) is 0 Å². The van der Waals surface area contributed by atoms with E-state index in [1.54, 1.807) is 18.4 Å². The first kappa shape index (κ1) is 15.1. The van der Waals surface area contributed by atoms with Crippen molar-refractivity contribution in [3.05, 3.63) is 15.6 Å². The highest BCUT2D eigenvalue weighted by molar-refractivity contribution is 7.11. The predicted molar refractivity (Wildman–Crippen MR) is 73.0 cm³/mol. The molecule has 1 aromatic rings. The van der Waals surface area contributed by atoms with E-state index in [0.29, 0.717) is 26.2 Å². The van der Waals surface area contributed by atoms with Crippen molar-refractivity contribution in [3.63, 3.8) is 0 Å². The number of nitrogens with zero attached hydrogens (tertiary/aromatic N) is 1. The normalized spacial score (nSPS) is 10.6. The zero-order chi connectivity index (χ0) is 13.4. The molecule has 2 N–H and O–H groups in total. The van der Waals surface area contributed by atoms with Crippen molar-refractivity contribution >= 4 is 17.2 Å². The SMILES string of the molecule is COCCNCC(=O)NCCc1sc(C)nc1C. The number of carbonyl (C=O) groups is 1. The fraction of sp³-hybridized carbons (Fsp3) is 0.667. The molecule has 0 saturated heterocycles. The van der Waals surface area contributed by atoms with Crippen LogP contribution in [0.3, 0.4) is 0 Å². The van der Waals surface area contributed by atoms with Crippen LogP contribution in [-0.4, -0.2) is 44.2 Å². The number of nitrogens with one attached hydrogen (secondary N) is 2. The van der Waals surface area contributed by atoms with Crippen molar-refractivity contribution in [2.24, 2.45) is 0 Å². The van der Waals surface area contributed by atoms with Crippen molar-refractivity contribution in [2.75, 3.05) is 33.4 Å².